The van der Waals surface area contributed by atoms with E-state index in [9.17, 15) is 14.4 Å². The number of ether oxygens (including phenoxy) is 2. The number of benzene rings is 2. The monoisotopic (exact) mass is 534 g/mol. The first-order valence-corrected chi connectivity index (χ1v) is 13.8. The van der Waals surface area contributed by atoms with Gasteiger partial charge in [0.2, 0.25) is 0 Å². The third-order valence-electron chi connectivity index (χ3n) is 6.88. The van der Waals surface area contributed by atoms with Crippen molar-refractivity contribution in [3.8, 4) is 5.75 Å². The van der Waals surface area contributed by atoms with Crippen LogP contribution in [0.3, 0.4) is 0 Å². The molecule has 38 heavy (non-hydrogen) atoms. The predicted molar refractivity (Wildman–Crippen MR) is 150 cm³/mol. The molecule has 0 bridgehead atoms. The SMILES string of the molecule is CCOC(=O)c1c(NC(=O)c2ccc(O[C@@H](C)C(=O)Nc3cccc(C)c3C)cc2)sc2c1CC[C@H](C)C2. The highest BCUT2D eigenvalue weighted by Crippen LogP contribution is 2.40. The molecule has 0 unspecified atom stereocenters. The first-order chi connectivity index (χ1) is 18.2. The molecule has 0 fully saturated rings. The molecule has 0 spiro atoms. The predicted octanol–water partition coefficient (Wildman–Crippen LogP) is 6.32. The normalized spacial score (nSPS) is 15.2. The second-order valence-corrected chi connectivity index (χ2v) is 10.9. The molecular weight excluding hydrogens is 500 g/mol. The van der Waals surface area contributed by atoms with Gasteiger partial charge in [-0.1, -0.05) is 19.1 Å². The fraction of sp³-hybridized carbons (Fsp3) is 0.367. The average molecular weight is 535 g/mol. The van der Waals surface area contributed by atoms with Crippen LogP contribution < -0.4 is 15.4 Å². The number of rotatable bonds is 8. The number of esters is 1. The summed E-state index contributed by atoms with van der Waals surface area (Å²) in [4.78, 5) is 39.6. The maximum Gasteiger partial charge on any atom is 0.341 e. The van der Waals surface area contributed by atoms with Gasteiger partial charge in [-0.05, 0) is 99.9 Å². The van der Waals surface area contributed by atoms with Gasteiger partial charge in [0.25, 0.3) is 11.8 Å². The van der Waals surface area contributed by atoms with Crippen LogP contribution >= 0.6 is 11.3 Å². The number of amides is 2. The van der Waals surface area contributed by atoms with Crippen LogP contribution in [0.15, 0.2) is 42.5 Å². The van der Waals surface area contributed by atoms with Crippen molar-refractivity contribution in [1.82, 2.24) is 0 Å². The highest BCUT2D eigenvalue weighted by atomic mass is 32.1. The molecule has 1 heterocycles. The summed E-state index contributed by atoms with van der Waals surface area (Å²) in [5.41, 5.74) is 4.76. The van der Waals surface area contributed by atoms with E-state index in [0.717, 1.165) is 46.5 Å². The van der Waals surface area contributed by atoms with E-state index < -0.39 is 12.1 Å². The van der Waals surface area contributed by atoms with Crippen LogP contribution in [0.2, 0.25) is 0 Å². The fourth-order valence-corrected chi connectivity index (χ4v) is 5.89. The molecule has 0 radical (unpaired) electrons. The Labute approximate surface area is 227 Å². The van der Waals surface area contributed by atoms with Gasteiger partial charge < -0.3 is 20.1 Å². The van der Waals surface area contributed by atoms with Crippen molar-refractivity contribution < 1.29 is 23.9 Å². The van der Waals surface area contributed by atoms with Crippen molar-refractivity contribution in [2.45, 2.75) is 60.0 Å². The molecule has 2 aromatic carbocycles. The number of hydrogen-bond donors (Lipinski definition) is 2. The topological polar surface area (TPSA) is 93.7 Å². The second kappa shape index (κ2) is 11.8. The minimum absolute atomic E-state index is 0.261. The number of aryl methyl sites for hydroxylation is 1. The summed E-state index contributed by atoms with van der Waals surface area (Å²) in [6.45, 7) is 9.87. The minimum atomic E-state index is -0.735. The number of anilines is 2. The van der Waals surface area contributed by atoms with E-state index in [2.05, 4.69) is 17.6 Å². The number of fused-ring (bicyclic) bond motifs is 1. The van der Waals surface area contributed by atoms with Crippen molar-refractivity contribution in [3.63, 3.8) is 0 Å². The number of hydrogen-bond acceptors (Lipinski definition) is 6. The molecule has 0 aliphatic heterocycles. The van der Waals surface area contributed by atoms with Gasteiger partial charge in [-0.3, -0.25) is 9.59 Å². The fourth-order valence-electron chi connectivity index (χ4n) is 4.50. The van der Waals surface area contributed by atoms with Crippen molar-refractivity contribution in [3.05, 3.63) is 75.2 Å². The molecule has 2 amide bonds. The number of carbonyl (C=O) groups is 3. The lowest BCUT2D eigenvalue weighted by Gasteiger charge is -2.18. The molecule has 2 atom stereocenters. The molecule has 8 heteroatoms. The molecular formula is C30H34N2O5S. The quantitative estimate of drug-likeness (QED) is 0.330. The molecule has 1 aliphatic rings. The lowest BCUT2D eigenvalue weighted by molar-refractivity contribution is -0.122. The van der Waals surface area contributed by atoms with Gasteiger partial charge in [-0.15, -0.1) is 11.3 Å². The van der Waals surface area contributed by atoms with E-state index >= 15 is 0 Å². The largest absolute Gasteiger partial charge is 0.481 e. The Morgan fingerprint density at radius 3 is 2.53 bits per heavy atom. The average Bonchev–Trinajstić information content (AvgIpc) is 3.24. The van der Waals surface area contributed by atoms with E-state index in [0.29, 0.717) is 27.8 Å². The molecule has 2 N–H and O–H groups in total. The van der Waals surface area contributed by atoms with Gasteiger partial charge in [-0.2, -0.15) is 0 Å². The van der Waals surface area contributed by atoms with Crippen molar-refractivity contribution >= 4 is 39.8 Å². The summed E-state index contributed by atoms with van der Waals surface area (Å²) in [5, 5.41) is 6.37. The lowest BCUT2D eigenvalue weighted by Crippen LogP contribution is -2.30. The van der Waals surface area contributed by atoms with Crippen LogP contribution in [0.5, 0.6) is 5.75 Å². The summed E-state index contributed by atoms with van der Waals surface area (Å²) in [6, 6.07) is 12.3. The van der Waals surface area contributed by atoms with E-state index in [1.807, 2.05) is 32.0 Å². The zero-order valence-corrected chi connectivity index (χ0v) is 23.3. The third kappa shape index (κ3) is 6.07. The van der Waals surface area contributed by atoms with Crippen LogP contribution in [-0.4, -0.2) is 30.5 Å². The zero-order valence-electron chi connectivity index (χ0n) is 22.5. The molecule has 3 aromatic rings. The Balaban J connectivity index is 1.43. The molecule has 1 aliphatic carbocycles. The van der Waals surface area contributed by atoms with Crippen LogP contribution in [0.25, 0.3) is 0 Å². The molecule has 4 rings (SSSR count). The Kier molecular flexibility index (Phi) is 8.52. The maximum atomic E-state index is 13.1. The number of nitrogens with one attached hydrogen (secondary N) is 2. The van der Waals surface area contributed by atoms with Crippen LogP contribution in [0.1, 0.15) is 69.5 Å². The first kappa shape index (κ1) is 27.4. The standard InChI is InChI=1S/C30H34N2O5S/c1-6-36-30(35)26-23-15-10-17(2)16-25(23)38-29(26)32-28(34)21-11-13-22(14-12-21)37-20(5)27(33)31-24-9-7-8-18(3)19(24)4/h7-9,11-14,17,20H,6,10,15-16H2,1-5H3,(H,31,33)(H,32,34)/t17-,20-/m0/s1. The molecule has 1 aromatic heterocycles. The van der Waals surface area contributed by atoms with Crippen molar-refractivity contribution in [1.29, 1.82) is 0 Å². The highest BCUT2D eigenvalue weighted by molar-refractivity contribution is 7.17. The van der Waals surface area contributed by atoms with Gasteiger partial charge in [0.05, 0.1) is 12.2 Å². The first-order valence-electron chi connectivity index (χ1n) is 12.9. The van der Waals surface area contributed by atoms with E-state index in [4.69, 9.17) is 9.47 Å². The summed E-state index contributed by atoms with van der Waals surface area (Å²) in [6.07, 6.45) is 1.97. The van der Waals surface area contributed by atoms with Gasteiger partial charge in [0, 0.05) is 16.1 Å². The van der Waals surface area contributed by atoms with E-state index in [1.165, 1.54) is 11.3 Å². The third-order valence-corrected chi connectivity index (χ3v) is 8.05. The Morgan fingerprint density at radius 1 is 1.08 bits per heavy atom. The smallest absolute Gasteiger partial charge is 0.341 e. The van der Waals surface area contributed by atoms with Gasteiger partial charge in [-0.25, -0.2) is 4.79 Å². The zero-order chi connectivity index (χ0) is 27.4. The van der Waals surface area contributed by atoms with Gasteiger partial charge >= 0.3 is 5.97 Å². The Morgan fingerprint density at radius 2 is 1.82 bits per heavy atom. The highest BCUT2D eigenvalue weighted by Gasteiger charge is 2.29. The summed E-state index contributed by atoms with van der Waals surface area (Å²) < 4.78 is 11.1. The van der Waals surface area contributed by atoms with Crippen molar-refractivity contribution in [2.24, 2.45) is 5.92 Å². The minimum Gasteiger partial charge on any atom is -0.481 e. The number of thiophene rings is 1. The number of carbonyl (C=O) groups excluding carboxylic acids is 3. The van der Waals surface area contributed by atoms with Crippen LogP contribution in [0.4, 0.5) is 10.7 Å². The molecule has 7 nitrogen and oxygen atoms in total. The van der Waals surface area contributed by atoms with Gasteiger partial charge in [0.1, 0.15) is 10.8 Å². The molecule has 200 valence electrons. The Bertz CT molecular complexity index is 1350. The van der Waals surface area contributed by atoms with Crippen molar-refractivity contribution in [2.75, 3.05) is 17.2 Å². The lowest BCUT2D eigenvalue weighted by atomic mass is 9.88. The Hall–Kier alpha value is -3.65. The maximum absolute atomic E-state index is 13.1. The van der Waals surface area contributed by atoms with Crippen LogP contribution in [0, 0.1) is 19.8 Å². The van der Waals surface area contributed by atoms with E-state index in [-0.39, 0.29) is 18.4 Å². The summed E-state index contributed by atoms with van der Waals surface area (Å²) in [7, 11) is 0. The summed E-state index contributed by atoms with van der Waals surface area (Å²) >= 11 is 1.46. The second-order valence-electron chi connectivity index (χ2n) is 9.75. The van der Waals surface area contributed by atoms with Gasteiger partial charge in [0.15, 0.2) is 6.10 Å². The molecule has 0 saturated carbocycles. The van der Waals surface area contributed by atoms with E-state index in [1.54, 1.807) is 38.1 Å². The van der Waals surface area contributed by atoms with Crippen LogP contribution in [-0.2, 0) is 22.4 Å². The molecule has 0 saturated heterocycles. The summed E-state index contributed by atoms with van der Waals surface area (Å²) in [5.74, 6) is 0.0275.